The second kappa shape index (κ2) is 7.49. The van der Waals surface area contributed by atoms with Gasteiger partial charge in [0.2, 0.25) is 5.91 Å². The summed E-state index contributed by atoms with van der Waals surface area (Å²) in [4.78, 5) is 37.1. The van der Waals surface area contributed by atoms with Gasteiger partial charge >= 0.3 is 6.03 Å². The lowest BCUT2D eigenvalue weighted by Crippen LogP contribution is -2.38. The van der Waals surface area contributed by atoms with Crippen LogP contribution < -0.4 is 10.6 Å². The zero-order valence-corrected chi connectivity index (χ0v) is 14.9. The summed E-state index contributed by atoms with van der Waals surface area (Å²) >= 11 is 3.31. The Morgan fingerprint density at radius 3 is 2.54 bits per heavy atom. The van der Waals surface area contributed by atoms with Crippen molar-refractivity contribution in [3.63, 3.8) is 0 Å². The van der Waals surface area contributed by atoms with E-state index < -0.39 is 30.2 Å². The quantitative estimate of drug-likeness (QED) is 0.592. The third-order valence-electron chi connectivity index (χ3n) is 3.59. The normalized spacial score (nSPS) is 15.3. The van der Waals surface area contributed by atoms with Crippen LogP contribution in [0.2, 0.25) is 0 Å². The molecule has 0 atom stereocenters. The maximum atomic E-state index is 13.6. The summed E-state index contributed by atoms with van der Waals surface area (Å²) in [6.07, 6.45) is 1.52. The van der Waals surface area contributed by atoms with Crippen LogP contribution in [0, 0.1) is 5.82 Å². The first kappa shape index (κ1) is 17.8. The SMILES string of the molecule is O=C(CN1C(=O)N/C(=C/c2ccc(Br)cc2)C1=O)Nc1ccccc1F. The number of anilines is 1. The largest absolute Gasteiger partial charge is 0.329 e. The topological polar surface area (TPSA) is 78.5 Å². The van der Waals surface area contributed by atoms with Crippen LogP contribution in [-0.2, 0) is 9.59 Å². The smallest absolute Gasteiger partial charge is 0.322 e. The van der Waals surface area contributed by atoms with Crippen LogP contribution in [0.3, 0.4) is 0 Å². The number of benzene rings is 2. The second-order valence-corrected chi connectivity index (χ2v) is 6.37. The number of nitrogens with zero attached hydrogens (tertiary/aromatic N) is 1. The molecule has 0 aromatic heterocycles. The summed E-state index contributed by atoms with van der Waals surface area (Å²) in [5.74, 6) is -1.90. The zero-order chi connectivity index (χ0) is 18.7. The number of urea groups is 1. The van der Waals surface area contributed by atoms with E-state index in [1.807, 2.05) is 0 Å². The fraction of sp³-hybridized carbons (Fsp3) is 0.0556. The standard InChI is InChI=1S/C18H13BrFN3O3/c19-12-7-5-11(6-8-12)9-15-17(25)23(18(26)22-15)10-16(24)21-14-4-2-1-3-13(14)20/h1-9H,10H2,(H,21,24)(H,22,26)/b15-9+. The predicted octanol–water partition coefficient (Wildman–Crippen LogP) is 3.12. The number of rotatable bonds is 4. The number of imide groups is 1. The Hall–Kier alpha value is -3.00. The van der Waals surface area contributed by atoms with Gasteiger partial charge in [-0.2, -0.15) is 0 Å². The minimum atomic E-state index is -0.706. The van der Waals surface area contributed by atoms with Crippen LogP contribution in [0.1, 0.15) is 5.56 Å². The third-order valence-corrected chi connectivity index (χ3v) is 4.12. The van der Waals surface area contributed by atoms with E-state index in [4.69, 9.17) is 0 Å². The van der Waals surface area contributed by atoms with Crippen molar-refractivity contribution in [1.82, 2.24) is 10.2 Å². The molecule has 0 bridgehead atoms. The lowest BCUT2D eigenvalue weighted by molar-refractivity contribution is -0.127. The summed E-state index contributed by atoms with van der Waals surface area (Å²) in [5.41, 5.74) is 0.765. The van der Waals surface area contributed by atoms with E-state index in [0.717, 1.165) is 14.9 Å². The number of halogens is 2. The van der Waals surface area contributed by atoms with E-state index in [1.165, 1.54) is 24.3 Å². The Labute approximate surface area is 156 Å². The molecule has 132 valence electrons. The molecule has 4 amide bonds. The number of amides is 4. The minimum Gasteiger partial charge on any atom is -0.322 e. The Balaban J connectivity index is 1.70. The van der Waals surface area contributed by atoms with Crippen LogP contribution in [0.5, 0.6) is 0 Å². The summed E-state index contributed by atoms with van der Waals surface area (Å²) in [5, 5.41) is 4.77. The molecule has 26 heavy (non-hydrogen) atoms. The van der Waals surface area contributed by atoms with E-state index in [2.05, 4.69) is 26.6 Å². The van der Waals surface area contributed by atoms with Gasteiger partial charge in [0.1, 0.15) is 18.1 Å². The first-order chi connectivity index (χ1) is 12.4. The molecule has 2 aromatic rings. The minimum absolute atomic E-state index is 0.0183. The summed E-state index contributed by atoms with van der Waals surface area (Å²) < 4.78 is 14.4. The molecular weight excluding hydrogens is 405 g/mol. The van der Waals surface area contributed by atoms with Gasteiger partial charge in [-0.15, -0.1) is 0 Å². The maximum Gasteiger partial charge on any atom is 0.329 e. The van der Waals surface area contributed by atoms with Gasteiger partial charge in [0.25, 0.3) is 5.91 Å². The van der Waals surface area contributed by atoms with E-state index in [9.17, 15) is 18.8 Å². The van der Waals surface area contributed by atoms with Crippen molar-refractivity contribution in [2.24, 2.45) is 0 Å². The molecule has 1 heterocycles. The summed E-state index contributed by atoms with van der Waals surface area (Å²) in [6, 6.07) is 12.1. The highest BCUT2D eigenvalue weighted by Gasteiger charge is 2.34. The number of para-hydroxylation sites is 1. The molecule has 0 aliphatic carbocycles. The number of hydrogen-bond donors (Lipinski definition) is 2. The maximum absolute atomic E-state index is 13.6. The Kier molecular flexibility index (Phi) is 5.13. The average Bonchev–Trinajstić information content (AvgIpc) is 2.86. The van der Waals surface area contributed by atoms with E-state index >= 15 is 0 Å². The van der Waals surface area contributed by atoms with Crippen LogP contribution in [0.25, 0.3) is 6.08 Å². The number of carbonyl (C=O) groups excluding carboxylic acids is 3. The van der Waals surface area contributed by atoms with E-state index in [0.29, 0.717) is 0 Å². The van der Waals surface area contributed by atoms with Gasteiger partial charge in [-0.05, 0) is 35.9 Å². The molecular formula is C18H13BrFN3O3. The molecule has 0 saturated carbocycles. The van der Waals surface area contributed by atoms with Gasteiger partial charge in [0.15, 0.2) is 0 Å². The van der Waals surface area contributed by atoms with Crippen molar-refractivity contribution in [3.05, 3.63) is 70.1 Å². The van der Waals surface area contributed by atoms with Crippen molar-refractivity contribution in [2.45, 2.75) is 0 Å². The van der Waals surface area contributed by atoms with Crippen molar-refractivity contribution in [1.29, 1.82) is 0 Å². The molecule has 2 aromatic carbocycles. The molecule has 1 fully saturated rings. The van der Waals surface area contributed by atoms with Gasteiger partial charge < -0.3 is 10.6 Å². The third kappa shape index (κ3) is 3.97. The van der Waals surface area contributed by atoms with Crippen molar-refractivity contribution >= 4 is 45.5 Å². The predicted molar refractivity (Wildman–Crippen MR) is 97.4 cm³/mol. The van der Waals surface area contributed by atoms with Crippen LogP contribution >= 0.6 is 15.9 Å². The first-order valence-electron chi connectivity index (χ1n) is 7.58. The van der Waals surface area contributed by atoms with Crippen molar-refractivity contribution in [3.8, 4) is 0 Å². The fourth-order valence-electron chi connectivity index (χ4n) is 2.34. The van der Waals surface area contributed by atoms with Crippen LogP contribution in [-0.4, -0.2) is 29.3 Å². The highest BCUT2D eigenvalue weighted by molar-refractivity contribution is 9.10. The lowest BCUT2D eigenvalue weighted by Gasteiger charge is -2.12. The molecule has 1 aliphatic rings. The molecule has 1 saturated heterocycles. The van der Waals surface area contributed by atoms with Gasteiger partial charge in [-0.25, -0.2) is 14.1 Å². The lowest BCUT2D eigenvalue weighted by atomic mass is 10.2. The molecule has 0 unspecified atom stereocenters. The fourth-order valence-corrected chi connectivity index (χ4v) is 2.60. The van der Waals surface area contributed by atoms with Gasteiger partial charge in [0, 0.05) is 4.47 Å². The van der Waals surface area contributed by atoms with Gasteiger partial charge in [-0.1, -0.05) is 40.2 Å². The zero-order valence-electron chi connectivity index (χ0n) is 13.3. The molecule has 0 radical (unpaired) electrons. The number of nitrogens with one attached hydrogen (secondary N) is 2. The summed E-state index contributed by atoms with van der Waals surface area (Å²) in [7, 11) is 0. The first-order valence-corrected chi connectivity index (χ1v) is 8.38. The molecule has 0 spiro atoms. The van der Waals surface area contributed by atoms with E-state index in [-0.39, 0.29) is 11.4 Å². The van der Waals surface area contributed by atoms with E-state index in [1.54, 1.807) is 30.3 Å². The summed E-state index contributed by atoms with van der Waals surface area (Å²) in [6.45, 7) is -0.517. The average molecular weight is 418 g/mol. The van der Waals surface area contributed by atoms with Crippen molar-refractivity contribution < 1.29 is 18.8 Å². The van der Waals surface area contributed by atoms with Crippen LogP contribution in [0.4, 0.5) is 14.9 Å². The monoisotopic (exact) mass is 417 g/mol. The molecule has 8 heteroatoms. The molecule has 6 nitrogen and oxygen atoms in total. The Morgan fingerprint density at radius 2 is 1.85 bits per heavy atom. The number of carbonyl (C=O) groups is 3. The Morgan fingerprint density at radius 1 is 1.15 bits per heavy atom. The van der Waals surface area contributed by atoms with Crippen LogP contribution in [0.15, 0.2) is 58.7 Å². The Bertz CT molecular complexity index is 912. The number of hydrogen-bond acceptors (Lipinski definition) is 3. The van der Waals surface area contributed by atoms with Crippen molar-refractivity contribution in [2.75, 3.05) is 11.9 Å². The van der Waals surface area contributed by atoms with Gasteiger partial charge in [-0.3, -0.25) is 9.59 Å². The molecule has 2 N–H and O–H groups in total. The highest BCUT2D eigenvalue weighted by Crippen LogP contribution is 2.17. The van der Waals surface area contributed by atoms with Gasteiger partial charge in [0.05, 0.1) is 5.69 Å². The highest BCUT2D eigenvalue weighted by atomic mass is 79.9. The molecule has 1 aliphatic heterocycles. The second-order valence-electron chi connectivity index (χ2n) is 5.46. The molecule has 3 rings (SSSR count).